The fraction of sp³-hybridized carbons (Fsp3) is 0.588. The van der Waals surface area contributed by atoms with Gasteiger partial charge < -0.3 is 43.6 Å². The zero-order valence-electron chi connectivity index (χ0n) is 29.9. The van der Waals surface area contributed by atoms with E-state index in [0.717, 1.165) is 0 Å². The molecule has 0 bridgehead atoms. The van der Waals surface area contributed by atoms with Gasteiger partial charge in [0.15, 0.2) is 12.6 Å². The van der Waals surface area contributed by atoms with Gasteiger partial charge in [-0.3, -0.25) is 9.09 Å². The van der Waals surface area contributed by atoms with Crippen molar-refractivity contribution in [1.82, 2.24) is 9.62 Å². The monoisotopic (exact) mass is 772 g/mol. The molecule has 16 nitrogen and oxygen atoms in total. The molecule has 2 heterocycles. The molecule has 0 aromatic heterocycles. The standard InChI is InChI=1S/C34H49N2O14PS/c1-22(2)17-36(52(41,42)27-12-10-25(43-5)11-13-27)18-30(37)29(35-33(38)50-31-19-45-32-28(31)14-15-44-32)16-24-6-8-26(9-7-24)47-21-51(40)48-20-46-34(39)49-23(3)4/h6-13,22-23,28-32,37,51H,14-21H2,1-5H3,(H,35,38)/t28-,29-,30+,31-,32+/m0/s1. The summed E-state index contributed by atoms with van der Waals surface area (Å²) in [5.41, 5.74) is 0.666. The summed E-state index contributed by atoms with van der Waals surface area (Å²) in [4.78, 5) is 24.7. The van der Waals surface area contributed by atoms with E-state index in [0.29, 0.717) is 30.1 Å². The quantitative estimate of drug-likeness (QED) is 0.117. The van der Waals surface area contributed by atoms with Crippen molar-refractivity contribution < 1.29 is 65.4 Å². The molecular weight excluding hydrogens is 723 g/mol. The molecule has 52 heavy (non-hydrogen) atoms. The van der Waals surface area contributed by atoms with E-state index in [9.17, 15) is 27.7 Å². The maximum Gasteiger partial charge on any atom is 0.510 e. The summed E-state index contributed by atoms with van der Waals surface area (Å²) in [6.45, 7) is 6.95. The Hall–Kier alpha value is -3.44. The third-order valence-corrected chi connectivity index (χ3v) is 10.8. The number of alkyl carbamates (subject to hydrolysis) is 1. The summed E-state index contributed by atoms with van der Waals surface area (Å²) >= 11 is 0. The first-order valence-electron chi connectivity index (χ1n) is 17.0. The van der Waals surface area contributed by atoms with Gasteiger partial charge >= 0.3 is 12.2 Å². The Morgan fingerprint density at radius 3 is 2.37 bits per heavy atom. The lowest BCUT2D eigenvalue weighted by Crippen LogP contribution is -2.51. The first-order valence-corrected chi connectivity index (χ1v) is 19.9. The van der Waals surface area contributed by atoms with Crippen molar-refractivity contribution in [3.05, 3.63) is 54.1 Å². The number of sulfonamides is 1. The average molecular weight is 773 g/mol. The maximum atomic E-state index is 13.8. The van der Waals surface area contributed by atoms with Gasteiger partial charge in [0.1, 0.15) is 17.6 Å². The zero-order chi connectivity index (χ0) is 37.8. The number of amides is 1. The van der Waals surface area contributed by atoms with Crippen molar-refractivity contribution in [2.45, 2.75) is 76.1 Å². The lowest BCUT2D eigenvalue weighted by atomic mass is 10.0. The third-order valence-electron chi connectivity index (χ3n) is 8.13. The van der Waals surface area contributed by atoms with Gasteiger partial charge in [0.05, 0.1) is 49.4 Å². The van der Waals surface area contributed by atoms with E-state index in [1.54, 1.807) is 50.2 Å². The van der Waals surface area contributed by atoms with E-state index in [1.807, 2.05) is 13.8 Å². The number of hydrogen-bond donors (Lipinski definition) is 2. The summed E-state index contributed by atoms with van der Waals surface area (Å²) < 4.78 is 83.0. The lowest BCUT2D eigenvalue weighted by molar-refractivity contribution is -0.0907. The van der Waals surface area contributed by atoms with Crippen molar-refractivity contribution in [3.63, 3.8) is 0 Å². The van der Waals surface area contributed by atoms with Crippen LogP contribution in [0, 0.1) is 11.8 Å². The molecular formula is C34H49N2O14PS. The number of benzene rings is 2. The second kappa shape index (κ2) is 19.6. The fourth-order valence-corrected chi connectivity index (χ4v) is 7.77. The van der Waals surface area contributed by atoms with Crippen LogP contribution in [0.15, 0.2) is 53.4 Å². The van der Waals surface area contributed by atoms with Gasteiger partial charge in [-0.25, -0.2) is 18.0 Å². The summed E-state index contributed by atoms with van der Waals surface area (Å²) in [5.74, 6) is 0.671. The normalized spacial score (nSPS) is 20.3. The van der Waals surface area contributed by atoms with Crippen LogP contribution < -0.4 is 14.8 Å². The Balaban J connectivity index is 1.43. The SMILES string of the molecule is COc1ccc(S(=O)(=O)N(CC(C)C)C[C@@H](O)[C@H](Cc2ccc(OC[PH](=O)OCOC(=O)OC(C)C)cc2)NC(=O)O[C@H]2CO[C@H]3OCC[C@H]32)cc1. The number of methoxy groups -OCH3 is 1. The van der Waals surface area contributed by atoms with E-state index >= 15 is 0 Å². The molecule has 0 radical (unpaired) electrons. The fourth-order valence-electron chi connectivity index (χ4n) is 5.59. The minimum Gasteiger partial charge on any atom is -0.497 e. The first kappa shape index (κ1) is 41.3. The number of nitrogens with zero attached hydrogens (tertiary/aromatic N) is 1. The minimum absolute atomic E-state index is 0.0318. The van der Waals surface area contributed by atoms with Gasteiger partial charge in [-0.1, -0.05) is 26.0 Å². The van der Waals surface area contributed by atoms with Crippen LogP contribution in [0.3, 0.4) is 0 Å². The molecule has 0 saturated carbocycles. The number of hydrogen-bond acceptors (Lipinski definition) is 14. The topological polar surface area (TPSA) is 195 Å². The average Bonchev–Trinajstić information content (AvgIpc) is 3.72. The van der Waals surface area contributed by atoms with Crippen LogP contribution in [-0.4, -0.2) is 107 Å². The summed E-state index contributed by atoms with van der Waals surface area (Å²) in [6.07, 6.45) is -3.94. The van der Waals surface area contributed by atoms with Gasteiger partial charge in [0.2, 0.25) is 24.8 Å². The molecule has 2 fully saturated rings. The number of ether oxygens (including phenoxy) is 7. The molecule has 2 saturated heterocycles. The Bertz CT molecular complexity index is 1580. The number of fused-ring (bicyclic) bond motifs is 1. The maximum absolute atomic E-state index is 13.8. The van der Waals surface area contributed by atoms with Gasteiger partial charge in [-0.2, -0.15) is 4.31 Å². The Morgan fingerprint density at radius 2 is 1.71 bits per heavy atom. The summed E-state index contributed by atoms with van der Waals surface area (Å²) in [6, 6.07) is 11.6. The van der Waals surface area contributed by atoms with Crippen molar-refractivity contribution in [3.8, 4) is 11.5 Å². The number of carbonyl (C=O) groups excluding carboxylic acids is 2. The van der Waals surface area contributed by atoms with E-state index < -0.39 is 61.6 Å². The molecule has 1 unspecified atom stereocenters. The Labute approximate surface area is 304 Å². The molecule has 0 aliphatic carbocycles. The molecule has 2 aromatic rings. The number of aliphatic hydroxyl groups excluding tert-OH is 1. The Morgan fingerprint density at radius 1 is 1.02 bits per heavy atom. The van der Waals surface area contributed by atoms with Crippen molar-refractivity contribution in [2.24, 2.45) is 11.8 Å². The highest BCUT2D eigenvalue weighted by atomic mass is 32.2. The number of carbonyl (C=O) groups is 2. The van der Waals surface area contributed by atoms with Gasteiger partial charge in [0.25, 0.3) is 0 Å². The second-order valence-corrected chi connectivity index (χ2v) is 16.3. The highest BCUT2D eigenvalue weighted by Crippen LogP contribution is 2.33. The third kappa shape index (κ3) is 12.3. The van der Waals surface area contributed by atoms with Crippen molar-refractivity contribution in [1.29, 1.82) is 0 Å². The van der Waals surface area contributed by atoms with Crippen molar-refractivity contribution in [2.75, 3.05) is 46.6 Å². The van der Waals surface area contributed by atoms with Crippen LogP contribution in [0.5, 0.6) is 11.5 Å². The van der Waals surface area contributed by atoms with E-state index in [4.69, 9.17) is 37.7 Å². The molecule has 6 atom stereocenters. The van der Waals surface area contributed by atoms with E-state index in [-0.39, 0.29) is 55.3 Å². The highest BCUT2D eigenvalue weighted by Gasteiger charge is 2.44. The molecule has 4 rings (SSSR count). The molecule has 2 N–H and O–H groups in total. The van der Waals surface area contributed by atoms with Crippen LogP contribution in [0.25, 0.3) is 0 Å². The minimum atomic E-state index is -4.05. The van der Waals surface area contributed by atoms with Crippen LogP contribution >= 0.6 is 8.03 Å². The number of nitrogens with one attached hydrogen (secondary N) is 1. The second-order valence-electron chi connectivity index (χ2n) is 13.0. The van der Waals surface area contributed by atoms with Gasteiger partial charge in [-0.05, 0) is 74.6 Å². The van der Waals surface area contributed by atoms with Crippen LogP contribution in [-0.2, 0) is 49.2 Å². The van der Waals surface area contributed by atoms with Crippen molar-refractivity contribution >= 4 is 30.3 Å². The highest BCUT2D eigenvalue weighted by molar-refractivity contribution is 7.89. The summed E-state index contributed by atoms with van der Waals surface area (Å²) in [7, 11) is -5.28. The van der Waals surface area contributed by atoms with Gasteiger partial charge in [0, 0.05) is 13.1 Å². The van der Waals surface area contributed by atoms with Crippen LogP contribution in [0.2, 0.25) is 0 Å². The zero-order valence-corrected chi connectivity index (χ0v) is 31.7. The molecule has 18 heteroatoms. The molecule has 1 amide bonds. The molecule has 2 aliphatic rings. The molecule has 290 valence electrons. The largest absolute Gasteiger partial charge is 0.510 e. The predicted molar refractivity (Wildman–Crippen MR) is 187 cm³/mol. The number of aliphatic hydroxyl groups is 1. The predicted octanol–water partition coefficient (Wildman–Crippen LogP) is 4.15. The molecule has 2 aliphatic heterocycles. The number of rotatable bonds is 19. The lowest BCUT2D eigenvalue weighted by Gasteiger charge is -2.31. The van der Waals surface area contributed by atoms with E-state index in [1.165, 1.54) is 23.5 Å². The first-order chi connectivity index (χ1) is 24.7. The van der Waals surface area contributed by atoms with Crippen LogP contribution in [0.1, 0.15) is 39.7 Å². The Kier molecular flexibility index (Phi) is 15.6. The molecule has 0 spiro atoms. The summed E-state index contributed by atoms with van der Waals surface area (Å²) in [5, 5.41) is 14.4. The van der Waals surface area contributed by atoms with E-state index in [2.05, 4.69) is 5.32 Å². The van der Waals surface area contributed by atoms with Crippen LogP contribution in [0.4, 0.5) is 9.59 Å². The smallest absolute Gasteiger partial charge is 0.497 e. The molecule has 2 aromatic carbocycles. The van der Waals surface area contributed by atoms with Gasteiger partial charge in [-0.15, -0.1) is 0 Å².